The van der Waals surface area contributed by atoms with Crippen molar-refractivity contribution in [3.05, 3.63) is 35.7 Å². The molecule has 0 aliphatic carbocycles. The zero-order valence-corrected chi connectivity index (χ0v) is 17.4. The zero-order chi connectivity index (χ0) is 19.4. The van der Waals surface area contributed by atoms with Gasteiger partial charge in [0.25, 0.3) is 0 Å². The Bertz CT molecular complexity index is 763. The average molecular weight is 388 g/mol. The monoisotopic (exact) mass is 387 g/mol. The van der Waals surface area contributed by atoms with Crippen molar-refractivity contribution >= 4 is 23.4 Å². The third kappa shape index (κ3) is 4.83. The number of piperidine rings is 1. The van der Waals surface area contributed by atoms with Gasteiger partial charge in [-0.15, -0.1) is 10.2 Å². The molecule has 2 heterocycles. The first-order valence-corrected chi connectivity index (χ1v) is 10.6. The van der Waals surface area contributed by atoms with E-state index in [1.165, 1.54) is 23.7 Å². The Balaban J connectivity index is 1.55. The number of nitrogens with zero attached hydrogens (tertiary/aromatic N) is 4. The molecule has 1 saturated heterocycles. The molecule has 1 aliphatic rings. The van der Waals surface area contributed by atoms with Gasteiger partial charge in [-0.05, 0) is 52.2 Å². The highest BCUT2D eigenvalue weighted by molar-refractivity contribution is 7.99. The molecule has 1 aromatic heterocycles. The van der Waals surface area contributed by atoms with Crippen molar-refractivity contribution < 1.29 is 4.79 Å². The van der Waals surface area contributed by atoms with Crippen LogP contribution in [0.5, 0.6) is 0 Å². The maximum Gasteiger partial charge on any atom is 0.233 e. The SMILES string of the molecule is Cc1ccc(NCc2nnc(SCC(=O)N3[C@H](C)CCC[C@@H]3C)n2C)cc1. The Labute approximate surface area is 165 Å². The predicted molar refractivity (Wildman–Crippen MR) is 110 cm³/mol. The number of anilines is 1. The highest BCUT2D eigenvalue weighted by atomic mass is 32.2. The quantitative estimate of drug-likeness (QED) is 0.767. The van der Waals surface area contributed by atoms with Crippen molar-refractivity contribution in [2.24, 2.45) is 7.05 Å². The summed E-state index contributed by atoms with van der Waals surface area (Å²) in [6, 6.07) is 8.93. The van der Waals surface area contributed by atoms with Gasteiger partial charge in [-0.25, -0.2) is 0 Å². The maximum absolute atomic E-state index is 12.7. The van der Waals surface area contributed by atoms with Crippen molar-refractivity contribution in [2.75, 3.05) is 11.1 Å². The fourth-order valence-corrected chi connectivity index (χ4v) is 4.39. The molecule has 2 aromatic rings. The first kappa shape index (κ1) is 19.7. The summed E-state index contributed by atoms with van der Waals surface area (Å²) in [6.45, 7) is 6.97. The fourth-order valence-electron chi connectivity index (χ4n) is 3.59. The third-order valence-corrected chi connectivity index (χ3v) is 6.24. The van der Waals surface area contributed by atoms with Crippen LogP contribution in [0.2, 0.25) is 0 Å². The van der Waals surface area contributed by atoms with Gasteiger partial charge in [0, 0.05) is 24.8 Å². The lowest BCUT2D eigenvalue weighted by atomic mass is 9.98. The third-order valence-electron chi connectivity index (χ3n) is 5.23. The van der Waals surface area contributed by atoms with Crippen molar-refractivity contribution in [1.29, 1.82) is 0 Å². The van der Waals surface area contributed by atoms with E-state index in [0.717, 1.165) is 29.5 Å². The molecule has 6 nitrogen and oxygen atoms in total. The Morgan fingerprint density at radius 3 is 2.52 bits per heavy atom. The Morgan fingerprint density at radius 2 is 1.85 bits per heavy atom. The summed E-state index contributed by atoms with van der Waals surface area (Å²) in [4.78, 5) is 14.7. The van der Waals surface area contributed by atoms with Gasteiger partial charge in [0.1, 0.15) is 0 Å². The summed E-state index contributed by atoms with van der Waals surface area (Å²) < 4.78 is 1.96. The Kier molecular flexibility index (Phi) is 6.42. The number of carbonyl (C=O) groups excluding carboxylic acids is 1. The minimum atomic E-state index is 0.196. The molecule has 3 rings (SSSR count). The number of amides is 1. The van der Waals surface area contributed by atoms with E-state index in [-0.39, 0.29) is 5.91 Å². The largest absolute Gasteiger partial charge is 0.378 e. The second-order valence-corrected chi connectivity index (χ2v) is 8.34. The number of benzene rings is 1. The van der Waals surface area contributed by atoms with E-state index in [1.807, 2.05) is 16.5 Å². The molecule has 27 heavy (non-hydrogen) atoms. The van der Waals surface area contributed by atoms with Gasteiger partial charge >= 0.3 is 0 Å². The topological polar surface area (TPSA) is 63.1 Å². The number of carbonyl (C=O) groups is 1. The summed E-state index contributed by atoms with van der Waals surface area (Å²) in [5.41, 5.74) is 2.29. The molecule has 1 amide bonds. The highest BCUT2D eigenvalue weighted by Crippen LogP contribution is 2.25. The van der Waals surface area contributed by atoms with Gasteiger partial charge in [-0.3, -0.25) is 4.79 Å². The number of rotatable bonds is 6. The van der Waals surface area contributed by atoms with Crippen LogP contribution in [-0.4, -0.2) is 43.4 Å². The van der Waals surface area contributed by atoms with Gasteiger partial charge in [-0.1, -0.05) is 29.5 Å². The number of aryl methyl sites for hydroxylation is 1. The lowest BCUT2D eigenvalue weighted by molar-refractivity contribution is -0.134. The zero-order valence-electron chi connectivity index (χ0n) is 16.6. The van der Waals surface area contributed by atoms with Gasteiger partial charge in [0.2, 0.25) is 5.91 Å². The molecule has 0 spiro atoms. The van der Waals surface area contributed by atoms with Crippen LogP contribution in [0, 0.1) is 6.92 Å². The van der Waals surface area contributed by atoms with E-state index in [2.05, 4.69) is 60.6 Å². The lowest BCUT2D eigenvalue weighted by Gasteiger charge is -2.39. The molecular weight excluding hydrogens is 358 g/mol. The van der Waals surface area contributed by atoms with E-state index in [1.54, 1.807) is 0 Å². The molecule has 1 fully saturated rings. The van der Waals surface area contributed by atoms with Gasteiger partial charge in [0.05, 0.1) is 12.3 Å². The Morgan fingerprint density at radius 1 is 1.19 bits per heavy atom. The second kappa shape index (κ2) is 8.78. The van der Waals surface area contributed by atoms with Crippen LogP contribution < -0.4 is 5.32 Å². The number of nitrogens with one attached hydrogen (secondary N) is 1. The normalized spacial score (nSPS) is 19.9. The van der Waals surface area contributed by atoms with Gasteiger partial charge in [-0.2, -0.15) is 0 Å². The van der Waals surface area contributed by atoms with Crippen LogP contribution in [0.4, 0.5) is 5.69 Å². The van der Waals surface area contributed by atoms with E-state index < -0.39 is 0 Å². The predicted octanol–water partition coefficient (Wildman–Crippen LogP) is 3.62. The molecule has 1 N–H and O–H groups in total. The molecule has 146 valence electrons. The summed E-state index contributed by atoms with van der Waals surface area (Å²) in [5.74, 6) is 1.46. The first-order chi connectivity index (χ1) is 13.0. The molecule has 1 aromatic carbocycles. The van der Waals surface area contributed by atoms with Crippen LogP contribution in [0.15, 0.2) is 29.4 Å². The second-order valence-electron chi connectivity index (χ2n) is 7.40. The van der Waals surface area contributed by atoms with Crippen LogP contribution in [0.1, 0.15) is 44.5 Å². The standard InChI is InChI=1S/C20H29N5OS/c1-14-8-10-17(11-9-14)21-12-18-22-23-20(24(18)4)27-13-19(26)25-15(2)6-5-7-16(25)3/h8-11,15-16,21H,5-7,12-13H2,1-4H3/t15-,16+. The molecular formula is C20H29N5OS. The fraction of sp³-hybridized carbons (Fsp3) is 0.550. The average Bonchev–Trinajstić information content (AvgIpc) is 2.99. The number of likely N-dealkylation sites (tertiary alicyclic amines) is 1. The minimum Gasteiger partial charge on any atom is -0.378 e. The number of thioether (sulfide) groups is 1. The van der Waals surface area contributed by atoms with E-state index in [4.69, 9.17) is 0 Å². The number of hydrogen-bond donors (Lipinski definition) is 1. The molecule has 0 bridgehead atoms. The molecule has 7 heteroatoms. The van der Waals surface area contributed by atoms with E-state index in [9.17, 15) is 4.79 Å². The summed E-state index contributed by atoms with van der Waals surface area (Å²) in [5, 5.41) is 12.7. The van der Waals surface area contributed by atoms with E-state index in [0.29, 0.717) is 24.4 Å². The molecule has 0 radical (unpaired) electrons. The van der Waals surface area contributed by atoms with Gasteiger partial charge in [0.15, 0.2) is 11.0 Å². The van der Waals surface area contributed by atoms with Crippen LogP contribution in [0.3, 0.4) is 0 Å². The summed E-state index contributed by atoms with van der Waals surface area (Å²) in [7, 11) is 1.95. The summed E-state index contributed by atoms with van der Waals surface area (Å²) in [6.07, 6.45) is 3.40. The van der Waals surface area contributed by atoms with Crippen molar-refractivity contribution in [3.63, 3.8) is 0 Å². The van der Waals surface area contributed by atoms with Crippen molar-refractivity contribution in [1.82, 2.24) is 19.7 Å². The van der Waals surface area contributed by atoms with Crippen LogP contribution in [0.25, 0.3) is 0 Å². The molecule has 0 unspecified atom stereocenters. The Hall–Kier alpha value is -2.02. The molecule has 2 atom stereocenters. The highest BCUT2D eigenvalue weighted by Gasteiger charge is 2.29. The van der Waals surface area contributed by atoms with Crippen molar-refractivity contribution in [2.45, 2.75) is 63.8 Å². The minimum absolute atomic E-state index is 0.196. The van der Waals surface area contributed by atoms with E-state index >= 15 is 0 Å². The smallest absolute Gasteiger partial charge is 0.233 e. The maximum atomic E-state index is 12.7. The molecule has 0 saturated carbocycles. The first-order valence-electron chi connectivity index (χ1n) is 9.58. The van der Waals surface area contributed by atoms with Gasteiger partial charge < -0.3 is 14.8 Å². The van der Waals surface area contributed by atoms with Crippen molar-refractivity contribution in [3.8, 4) is 0 Å². The number of hydrogen-bond acceptors (Lipinski definition) is 5. The van der Waals surface area contributed by atoms with Crippen LogP contribution >= 0.6 is 11.8 Å². The summed E-state index contributed by atoms with van der Waals surface area (Å²) >= 11 is 1.47. The van der Waals surface area contributed by atoms with Crippen LogP contribution in [-0.2, 0) is 18.4 Å². The number of aromatic nitrogens is 3. The molecule has 1 aliphatic heterocycles. The lowest BCUT2D eigenvalue weighted by Crippen LogP contribution is -2.48.